The molecule has 1 fully saturated rings. The number of fused-ring (bicyclic) bond motifs is 1. The van der Waals surface area contributed by atoms with Crippen LogP contribution in [0.15, 0.2) is 45.7 Å². The monoisotopic (exact) mass is 503 g/mol. The van der Waals surface area contributed by atoms with Crippen molar-refractivity contribution in [2.75, 3.05) is 48.2 Å². The number of likely N-dealkylation sites (N-methyl/N-ethyl adjacent to an activating group) is 1. The highest BCUT2D eigenvalue weighted by atomic mass is 32.3. The van der Waals surface area contributed by atoms with E-state index in [0.717, 1.165) is 24.3 Å². The predicted octanol–water partition coefficient (Wildman–Crippen LogP) is 3.86. The zero-order valence-corrected chi connectivity index (χ0v) is 21.4. The van der Waals surface area contributed by atoms with Gasteiger partial charge in [-0.15, -0.1) is 4.36 Å². The molecule has 1 aromatic heterocycles. The van der Waals surface area contributed by atoms with Crippen LogP contribution in [0.1, 0.15) is 26.7 Å². The highest BCUT2D eigenvalue weighted by Crippen LogP contribution is 2.38. The van der Waals surface area contributed by atoms with Crippen molar-refractivity contribution >= 4 is 45.1 Å². The number of nitrogens with zero attached hydrogens (tertiary/aromatic N) is 4. The number of carbonyl (C=O) groups is 2. The molecule has 0 bridgehead atoms. The lowest BCUT2D eigenvalue weighted by Gasteiger charge is -2.44. The topological polar surface area (TPSA) is 117 Å². The summed E-state index contributed by atoms with van der Waals surface area (Å²) in [7, 11) is -1.28. The molecule has 0 spiro atoms. The van der Waals surface area contributed by atoms with Crippen molar-refractivity contribution in [3.05, 3.63) is 36.4 Å². The second-order valence-corrected chi connectivity index (χ2v) is 11.3. The van der Waals surface area contributed by atoms with Crippen LogP contribution in [-0.2, 0) is 24.4 Å². The van der Waals surface area contributed by atoms with Crippen LogP contribution in [0.3, 0.4) is 0 Å². The van der Waals surface area contributed by atoms with Crippen LogP contribution >= 0.6 is 0 Å². The molecular weight excluding hydrogens is 470 g/mol. The van der Waals surface area contributed by atoms with Crippen molar-refractivity contribution in [2.45, 2.75) is 43.7 Å². The third kappa shape index (κ3) is 5.31. The number of benzene rings is 1. The van der Waals surface area contributed by atoms with E-state index in [1.165, 1.54) is 0 Å². The largest absolute Gasteiger partial charge is 0.448 e. The smallest absolute Gasteiger partial charge is 0.440 e. The van der Waals surface area contributed by atoms with Gasteiger partial charge in [0.25, 0.3) is 0 Å². The number of hydrogen-bond donors (Lipinski definition) is 3. The maximum absolute atomic E-state index is 12.9. The molecule has 2 amide bonds. The molecule has 3 heterocycles. The van der Waals surface area contributed by atoms with Gasteiger partial charge in [0.05, 0.1) is 12.3 Å². The van der Waals surface area contributed by atoms with Crippen molar-refractivity contribution in [1.82, 2.24) is 4.98 Å². The zero-order valence-electron chi connectivity index (χ0n) is 20.5. The summed E-state index contributed by atoms with van der Waals surface area (Å²) in [6, 6.07) is 10.7. The molecule has 2 aliphatic rings. The minimum absolute atomic E-state index is 0.0377. The SMILES string of the molecule is CCOC(=O)N=[SH](C)(O)c1cccc(Nc2ccc3c(n2)N(C2CCOCC2)[C@H](C)C(=O)N3C)c1. The molecule has 0 saturated carbocycles. The fraction of sp³-hybridized carbons (Fsp3) is 0.458. The van der Waals surface area contributed by atoms with Gasteiger partial charge < -0.3 is 29.1 Å². The molecule has 1 saturated heterocycles. The second kappa shape index (κ2) is 10.3. The Balaban J connectivity index is 1.65. The maximum atomic E-state index is 12.9. The number of carbonyl (C=O) groups excluding carboxylic acids is 2. The van der Waals surface area contributed by atoms with Crippen molar-refractivity contribution in [3.8, 4) is 0 Å². The summed E-state index contributed by atoms with van der Waals surface area (Å²) >= 11 is 0. The molecule has 0 aliphatic carbocycles. The lowest BCUT2D eigenvalue weighted by molar-refractivity contribution is -0.119. The first-order chi connectivity index (χ1) is 16.7. The van der Waals surface area contributed by atoms with Crippen LogP contribution in [0.25, 0.3) is 0 Å². The van der Waals surface area contributed by atoms with E-state index in [-0.39, 0.29) is 24.6 Å². The van der Waals surface area contributed by atoms with E-state index >= 15 is 0 Å². The summed E-state index contributed by atoms with van der Waals surface area (Å²) in [5.74, 6) is 1.40. The van der Waals surface area contributed by atoms with Crippen molar-refractivity contribution in [1.29, 1.82) is 0 Å². The Bertz CT molecular complexity index is 1160. The van der Waals surface area contributed by atoms with E-state index in [1.807, 2.05) is 25.1 Å². The molecule has 4 rings (SSSR count). The molecule has 0 unspecified atom stereocenters. The summed E-state index contributed by atoms with van der Waals surface area (Å²) in [4.78, 5) is 33.9. The standard InChI is InChI=1S/C24H33N5O5S/c1-5-34-24(31)27-35(4,32)19-8-6-7-17(15-19)25-21-10-9-20-22(26-21)29(16(2)23(30)28(20)3)18-11-13-33-14-12-18/h6-10,15-16,18,35H,5,11-14H2,1-4H3,(H,25,26)(H,27,31,32)/t16-/m1/s1. The number of ether oxygens (including phenoxy) is 2. The summed E-state index contributed by atoms with van der Waals surface area (Å²) in [5.41, 5.74) is 1.46. The van der Waals surface area contributed by atoms with Gasteiger partial charge in [-0.2, -0.15) is 0 Å². The lowest BCUT2D eigenvalue weighted by atomic mass is 10.0. The zero-order chi connectivity index (χ0) is 25.2. The molecule has 1 aromatic carbocycles. The van der Waals surface area contributed by atoms with Gasteiger partial charge in [-0.05, 0) is 63.3 Å². The Morgan fingerprint density at radius 2 is 2.06 bits per heavy atom. The Morgan fingerprint density at radius 3 is 2.77 bits per heavy atom. The summed E-state index contributed by atoms with van der Waals surface area (Å²) < 4.78 is 25.1. The molecule has 0 radical (unpaired) electrons. The van der Waals surface area contributed by atoms with Gasteiger partial charge in [-0.25, -0.2) is 9.78 Å². The van der Waals surface area contributed by atoms with Crippen LogP contribution < -0.4 is 15.1 Å². The average Bonchev–Trinajstić information content (AvgIpc) is 2.83. The van der Waals surface area contributed by atoms with Crippen LogP contribution in [0, 0.1) is 0 Å². The third-order valence-corrected chi connectivity index (χ3v) is 8.11. The van der Waals surface area contributed by atoms with Gasteiger partial charge in [-0.3, -0.25) is 4.79 Å². The van der Waals surface area contributed by atoms with E-state index in [2.05, 4.69) is 14.6 Å². The van der Waals surface area contributed by atoms with Gasteiger partial charge in [0, 0.05) is 36.9 Å². The fourth-order valence-corrected chi connectivity index (χ4v) is 5.72. The molecule has 1 atom stereocenters. The van der Waals surface area contributed by atoms with Crippen molar-refractivity contribution in [2.24, 2.45) is 4.36 Å². The minimum Gasteiger partial charge on any atom is -0.448 e. The van der Waals surface area contributed by atoms with Gasteiger partial charge >= 0.3 is 6.09 Å². The molecule has 190 valence electrons. The Morgan fingerprint density at radius 1 is 1.31 bits per heavy atom. The van der Waals surface area contributed by atoms with Crippen LogP contribution in [0.4, 0.5) is 27.8 Å². The molecular formula is C24H33N5O5S. The molecule has 2 aliphatic heterocycles. The number of rotatable bonds is 5. The van der Waals surface area contributed by atoms with Crippen LogP contribution in [-0.4, -0.2) is 66.7 Å². The second-order valence-electron chi connectivity index (χ2n) is 8.75. The van der Waals surface area contributed by atoms with Gasteiger partial charge in [0.1, 0.15) is 11.9 Å². The first kappa shape index (κ1) is 25.1. The number of hydrogen-bond acceptors (Lipinski definition) is 7. The predicted molar refractivity (Wildman–Crippen MR) is 138 cm³/mol. The number of pyridine rings is 1. The number of amides is 2. The molecule has 35 heavy (non-hydrogen) atoms. The van der Waals surface area contributed by atoms with Gasteiger partial charge in [-0.1, -0.05) is 16.2 Å². The lowest BCUT2D eigenvalue weighted by Crippen LogP contribution is -2.56. The summed E-state index contributed by atoms with van der Waals surface area (Å²) in [5, 5.41) is 3.29. The number of nitrogens with one attached hydrogen (secondary N) is 1. The van der Waals surface area contributed by atoms with E-state index in [1.54, 1.807) is 43.3 Å². The maximum Gasteiger partial charge on any atom is 0.440 e. The number of anilines is 4. The minimum atomic E-state index is -3.06. The van der Waals surface area contributed by atoms with Crippen molar-refractivity contribution < 1.29 is 23.6 Å². The molecule has 2 aromatic rings. The van der Waals surface area contributed by atoms with Crippen LogP contribution in [0.2, 0.25) is 0 Å². The molecule has 2 N–H and O–H groups in total. The first-order valence-electron chi connectivity index (χ1n) is 11.7. The van der Waals surface area contributed by atoms with E-state index in [9.17, 15) is 14.1 Å². The third-order valence-electron chi connectivity index (χ3n) is 6.30. The average molecular weight is 504 g/mol. The van der Waals surface area contributed by atoms with Crippen molar-refractivity contribution in [3.63, 3.8) is 0 Å². The number of aromatic nitrogens is 1. The fourth-order valence-electron chi connectivity index (χ4n) is 4.48. The van der Waals surface area contributed by atoms with E-state index in [4.69, 9.17) is 14.5 Å². The molecule has 10 nitrogen and oxygen atoms in total. The van der Waals surface area contributed by atoms with E-state index < -0.39 is 16.2 Å². The highest BCUT2D eigenvalue weighted by Gasteiger charge is 2.39. The normalized spacial score (nSPS) is 19.2. The van der Waals surface area contributed by atoms with E-state index in [0.29, 0.717) is 29.6 Å². The molecule has 11 heteroatoms. The first-order valence-corrected chi connectivity index (χ1v) is 13.9. The van der Waals surface area contributed by atoms with Gasteiger partial charge in [0.15, 0.2) is 5.82 Å². The Labute approximate surface area is 206 Å². The quantitative estimate of drug-likeness (QED) is 0.527. The van der Waals surface area contributed by atoms with Gasteiger partial charge in [0.2, 0.25) is 5.91 Å². The summed E-state index contributed by atoms with van der Waals surface area (Å²) in [6.45, 7) is 5.13. The Kier molecular flexibility index (Phi) is 7.39. The Hall–Kier alpha value is -3.02. The number of thiol groups is 1. The summed E-state index contributed by atoms with van der Waals surface area (Å²) in [6.07, 6.45) is 2.44. The highest BCUT2D eigenvalue weighted by molar-refractivity contribution is 7.99. The van der Waals surface area contributed by atoms with Crippen LogP contribution in [0.5, 0.6) is 0 Å².